The number of amides is 1. The number of pyridine rings is 1. The number of hydrazine groups is 1. The molecule has 7 rings (SSSR count). The highest BCUT2D eigenvalue weighted by molar-refractivity contribution is 7.18. The predicted molar refractivity (Wildman–Crippen MR) is 167 cm³/mol. The van der Waals surface area contributed by atoms with Crippen LogP contribution < -0.4 is 15.6 Å². The van der Waals surface area contributed by atoms with Crippen LogP contribution in [0, 0.1) is 0 Å². The molecule has 0 saturated carbocycles. The maximum atomic E-state index is 13.9. The van der Waals surface area contributed by atoms with Crippen LogP contribution in [0.25, 0.3) is 17.0 Å². The van der Waals surface area contributed by atoms with Crippen LogP contribution in [0.15, 0.2) is 85.6 Å². The summed E-state index contributed by atoms with van der Waals surface area (Å²) in [6.45, 7) is 5.25. The van der Waals surface area contributed by atoms with Gasteiger partial charge in [-0.2, -0.15) is 5.21 Å². The van der Waals surface area contributed by atoms with E-state index in [1.165, 1.54) is 16.3 Å². The van der Waals surface area contributed by atoms with Crippen LogP contribution >= 0.6 is 11.3 Å². The summed E-state index contributed by atoms with van der Waals surface area (Å²) in [7, 11) is 0. The predicted octanol–water partition coefficient (Wildman–Crippen LogP) is 5.04. The minimum absolute atomic E-state index is 0.000829. The monoisotopic (exact) mass is 604 g/mol. The van der Waals surface area contributed by atoms with Crippen molar-refractivity contribution in [2.75, 3.05) is 18.1 Å². The van der Waals surface area contributed by atoms with Gasteiger partial charge in [0.2, 0.25) is 5.82 Å². The average Bonchev–Trinajstić information content (AvgIpc) is 3.76. The summed E-state index contributed by atoms with van der Waals surface area (Å²) in [6, 6.07) is 22.5. The Kier molecular flexibility index (Phi) is 6.99. The number of rotatable bonds is 6. The summed E-state index contributed by atoms with van der Waals surface area (Å²) in [4.78, 5) is 33.9. The number of ketones is 1. The molecule has 44 heavy (non-hydrogen) atoms. The molecule has 220 valence electrons. The van der Waals surface area contributed by atoms with Crippen LogP contribution in [0.1, 0.15) is 50.4 Å². The summed E-state index contributed by atoms with van der Waals surface area (Å²) in [5.74, 6) is 7.97. The molecule has 0 atom stereocenters. The highest BCUT2D eigenvalue weighted by atomic mass is 32.1. The lowest BCUT2D eigenvalue weighted by atomic mass is 9.82. The number of likely N-dealkylation sites (tertiary alicyclic amines) is 1. The number of aromatic nitrogens is 5. The number of thiophene rings is 1. The highest BCUT2D eigenvalue weighted by Crippen LogP contribution is 2.43. The molecule has 1 saturated heterocycles. The number of hydrogen-bond donors (Lipinski definition) is 2. The summed E-state index contributed by atoms with van der Waals surface area (Å²) < 4.78 is 6.46. The Morgan fingerprint density at radius 2 is 1.86 bits per heavy atom. The fourth-order valence-corrected chi connectivity index (χ4v) is 6.83. The molecule has 11 nitrogen and oxygen atoms in total. The first-order chi connectivity index (χ1) is 21.4. The van der Waals surface area contributed by atoms with Crippen LogP contribution in [-0.2, 0) is 0 Å². The number of benzene rings is 2. The van der Waals surface area contributed by atoms with E-state index in [1.54, 1.807) is 18.3 Å². The van der Waals surface area contributed by atoms with Crippen molar-refractivity contribution < 1.29 is 14.3 Å². The SMILES string of the molecule is C=C(c1ccccc1)c1cc(C(=O)N2CCC3(CC2)CC(=O)c2cc(-c4nn[nH]n4)ccc2O3)sc1N(N)c1ccccn1. The topological polar surface area (TPSA) is 143 Å². The number of nitrogens with zero attached hydrogens (tertiary/aromatic N) is 6. The van der Waals surface area contributed by atoms with E-state index >= 15 is 0 Å². The van der Waals surface area contributed by atoms with Gasteiger partial charge in [0.15, 0.2) is 5.78 Å². The largest absolute Gasteiger partial charge is 0.486 e. The van der Waals surface area contributed by atoms with E-state index in [9.17, 15) is 9.59 Å². The molecular formula is C32H28N8O3S. The molecule has 1 fully saturated rings. The first kappa shape index (κ1) is 27.6. The van der Waals surface area contributed by atoms with E-state index < -0.39 is 5.60 Å². The van der Waals surface area contributed by atoms with Crippen LogP contribution in [0.3, 0.4) is 0 Å². The number of fused-ring (bicyclic) bond motifs is 1. The van der Waals surface area contributed by atoms with Gasteiger partial charge in [0.25, 0.3) is 5.91 Å². The van der Waals surface area contributed by atoms with Crippen LogP contribution in [0.2, 0.25) is 0 Å². The minimum Gasteiger partial charge on any atom is -0.486 e. The van der Waals surface area contributed by atoms with E-state index in [-0.39, 0.29) is 18.1 Å². The lowest BCUT2D eigenvalue weighted by Crippen LogP contribution is -2.52. The second-order valence-corrected chi connectivity index (χ2v) is 11.9. The molecule has 0 aliphatic carbocycles. The van der Waals surface area contributed by atoms with Crippen molar-refractivity contribution in [1.29, 1.82) is 0 Å². The van der Waals surface area contributed by atoms with E-state index in [2.05, 4.69) is 32.2 Å². The molecule has 3 N–H and O–H groups in total. The van der Waals surface area contributed by atoms with Gasteiger partial charge in [-0.3, -0.25) is 14.6 Å². The van der Waals surface area contributed by atoms with E-state index in [4.69, 9.17) is 10.6 Å². The molecule has 12 heteroatoms. The average molecular weight is 605 g/mol. The Balaban J connectivity index is 1.11. The van der Waals surface area contributed by atoms with Crippen molar-refractivity contribution in [3.63, 3.8) is 0 Å². The highest BCUT2D eigenvalue weighted by Gasteiger charge is 2.44. The maximum absolute atomic E-state index is 13.9. The normalized spacial score (nSPS) is 15.5. The van der Waals surface area contributed by atoms with Gasteiger partial charge >= 0.3 is 0 Å². The first-order valence-electron chi connectivity index (χ1n) is 14.1. The molecule has 1 spiro atoms. The second kappa shape index (κ2) is 11.1. The van der Waals surface area contributed by atoms with Crippen molar-refractivity contribution in [1.82, 2.24) is 30.5 Å². The number of H-pyrrole nitrogens is 1. The number of nitrogens with one attached hydrogen (secondary N) is 1. The number of nitrogens with two attached hydrogens (primary N) is 1. The number of anilines is 2. The molecular weight excluding hydrogens is 576 g/mol. The van der Waals surface area contributed by atoms with E-state index in [0.29, 0.717) is 64.3 Å². The van der Waals surface area contributed by atoms with Gasteiger partial charge in [-0.05, 0) is 52.7 Å². The standard InChI is InChI=1S/C32H28N8O3S/c1-20(21-7-3-2-4-8-21)23-18-27(44-31(23)40(33)28-9-5-6-14-34-28)30(42)39-15-12-32(13-16-39)19-25(41)24-17-22(10-11-26(24)43-32)29-35-37-38-36-29/h2-11,14,17-18H,1,12-13,15-16,19,33H2,(H,35,36,37,38). The Morgan fingerprint density at radius 1 is 1.07 bits per heavy atom. The van der Waals surface area contributed by atoms with Gasteiger partial charge in [-0.25, -0.2) is 10.8 Å². The van der Waals surface area contributed by atoms with Crippen molar-refractivity contribution >= 4 is 39.4 Å². The molecule has 0 bridgehead atoms. The number of tetrazole rings is 1. The van der Waals surface area contributed by atoms with E-state index in [1.807, 2.05) is 65.6 Å². The molecule has 0 radical (unpaired) electrons. The Morgan fingerprint density at radius 3 is 2.59 bits per heavy atom. The zero-order valence-electron chi connectivity index (χ0n) is 23.6. The summed E-state index contributed by atoms with van der Waals surface area (Å²) in [6.07, 6.45) is 2.99. The van der Waals surface area contributed by atoms with Crippen molar-refractivity contribution in [3.8, 4) is 17.1 Å². The number of hydrogen-bond acceptors (Lipinski definition) is 10. The van der Waals surface area contributed by atoms with Crippen molar-refractivity contribution in [3.05, 3.63) is 107 Å². The quantitative estimate of drug-likeness (QED) is 0.201. The third kappa shape index (κ3) is 5.03. The number of carbonyl (C=O) groups excluding carboxylic acids is 2. The van der Waals surface area contributed by atoms with Crippen molar-refractivity contribution in [2.24, 2.45) is 5.84 Å². The van der Waals surface area contributed by atoms with Crippen LogP contribution in [0.5, 0.6) is 5.75 Å². The number of Topliss-reactive ketones (excluding diaryl/α,β-unsaturated/α-hetero) is 1. The fraction of sp³-hybridized carbons (Fsp3) is 0.188. The van der Waals surface area contributed by atoms with Gasteiger partial charge in [0, 0.05) is 43.3 Å². The smallest absolute Gasteiger partial charge is 0.264 e. The summed E-state index contributed by atoms with van der Waals surface area (Å²) in [5, 5.41) is 16.2. The fourth-order valence-electron chi connectivity index (χ4n) is 5.75. The zero-order chi connectivity index (χ0) is 30.3. The third-order valence-corrected chi connectivity index (χ3v) is 9.26. The number of carbonyl (C=O) groups is 2. The number of ether oxygens (including phenoxy) is 1. The van der Waals surface area contributed by atoms with Gasteiger partial charge in [0.05, 0.1) is 16.9 Å². The Labute approximate surface area is 257 Å². The lowest BCUT2D eigenvalue weighted by molar-refractivity contribution is -0.00558. The molecule has 1 amide bonds. The minimum atomic E-state index is -0.658. The Bertz CT molecular complexity index is 1850. The molecule has 0 unspecified atom stereocenters. The van der Waals surface area contributed by atoms with Gasteiger partial charge < -0.3 is 9.64 Å². The van der Waals surface area contributed by atoms with Gasteiger partial charge in [-0.1, -0.05) is 43.0 Å². The van der Waals surface area contributed by atoms with Crippen LogP contribution in [-0.4, -0.2) is 60.9 Å². The first-order valence-corrected chi connectivity index (χ1v) is 15.0. The van der Waals surface area contributed by atoms with Crippen LogP contribution in [0.4, 0.5) is 10.8 Å². The van der Waals surface area contributed by atoms with Gasteiger partial charge in [0.1, 0.15) is 22.2 Å². The molecule has 5 heterocycles. The molecule has 3 aromatic heterocycles. The molecule has 2 aliphatic heterocycles. The number of piperidine rings is 1. The summed E-state index contributed by atoms with van der Waals surface area (Å²) in [5.41, 5.74) is 3.00. The Hall–Kier alpha value is -5.20. The van der Waals surface area contributed by atoms with Crippen molar-refractivity contribution in [2.45, 2.75) is 24.9 Å². The maximum Gasteiger partial charge on any atom is 0.264 e. The molecule has 2 aliphatic rings. The summed E-state index contributed by atoms with van der Waals surface area (Å²) >= 11 is 1.31. The van der Waals surface area contributed by atoms with Gasteiger partial charge in [-0.15, -0.1) is 21.5 Å². The second-order valence-electron chi connectivity index (χ2n) is 10.9. The van der Waals surface area contributed by atoms with E-state index in [0.717, 1.165) is 16.7 Å². The molecule has 2 aromatic carbocycles. The molecule has 5 aromatic rings. The third-order valence-electron chi connectivity index (χ3n) is 8.14. The number of aromatic amines is 1. The zero-order valence-corrected chi connectivity index (χ0v) is 24.5. The lowest BCUT2D eigenvalue weighted by Gasteiger charge is -2.43.